The number of halogens is 1. The number of sulfonamides is 2. The Balaban J connectivity index is 1.51. The minimum Gasteiger partial charge on any atom is -0.479 e. The van der Waals surface area contributed by atoms with E-state index in [-0.39, 0.29) is 28.0 Å². The lowest BCUT2D eigenvalue weighted by Crippen LogP contribution is -2.31. The molecule has 1 unspecified atom stereocenters. The average molecular weight is 611 g/mol. The van der Waals surface area contributed by atoms with Crippen LogP contribution in [0.1, 0.15) is 12.0 Å². The lowest BCUT2D eigenvalue weighted by molar-refractivity contribution is 0.315. The highest BCUT2D eigenvalue weighted by Crippen LogP contribution is 2.31. The molecule has 40 heavy (non-hydrogen) atoms. The molecule has 16 heteroatoms. The lowest BCUT2D eigenvalue weighted by atomic mass is 10.2. The van der Waals surface area contributed by atoms with Crippen LogP contribution < -0.4 is 24.4 Å². The molecular formula is C24H31ClN8O5S2. The number of ether oxygens (including phenoxy) is 1. The summed E-state index contributed by atoms with van der Waals surface area (Å²) in [6.07, 6.45) is 3.28. The van der Waals surface area contributed by atoms with Crippen molar-refractivity contribution in [2.24, 2.45) is 0 Å². The van der Waals surface area contributed by atoms with E-state index in [1.165, 1.54) is 25.4 Å². The van der Waals surface area contributed by atoms with Crippen molar-refractivity contribution >= 4 is 60.6 Å². The van der Waals surface area contributed by atoms with E-state index in [0.717, 1.165) is 31.6 Å². The predicted octanol–water partition coefficient (Wildman–Crippen LogP) is 2.73. The number of benzene rings is 1. The number of anilines is 5. The van der Waals surface area contributed by atoms with E-state index in [9.17, 15) is 16.8 Å². The molecule has 3 N–H and O–H groups in total. The summed E-state index contributed by atoms with van der Waals surface area (Å²) >= 11 is 6.20. The number of nitrogens with zero attached hydrogens (tertiary/aromatic N) is 5. The smallest absolute Gasteiger partial charge is 0.239 e. The Morgan fingerprint density at radius 1 is 1.07 bits per heavy atom. The molecule has 1 aliphatic heterocycles. The van der Waals surface area contributed by atoms with Gasteiger partial charge in [-0.15, -0.1) is 0 Å². The summed E-state index contributed by atoms with van der Waals surface area (Å²) < 4.78 is 59.5. The third-order valence-corrected chi connectivity index (χ3v) is 8.22. The molecule has 0 amide bonds. The molecule has 1 aliphatic rings. The van der Waals surface area contributed by atoms with Gasteiger partial charge in [0.05, 0.1) is 31.0 Å². The maximum atomic E-state index is 13.0. The summed E-state index contributed by atoms with van der Waals surface area (Å²) in [5.74, 6) is 0.481. The summed E-state index contributed by atoms with van der Waals surface area (Å²) in [7, 11) is -2.04. The number of hydrogen-bond acceptors (Lipinski definition) is 11. The van der Waals surface area contributed by atoms with Crippen molar-refractivity contribution in [2.45, 2.75) is 18.2 Å². The number of aromatic nitrogens is 3. The third-order valence-electron chi connectivity index (χ3n) is 6.16. The van der Waals surface area contributed by atoms with Crippen LogP contribution in [0, 0.1) is 0 Å². The molecular weight excluding hydrogens is 580 g/mol. The maximum absolute atomic E-state index is 13.0. The summed E-state index contributed by atoms with van der Waals surface area (Å²) in [4.78, 5) is 17.4. The Labute approximate surface area is 239 Å². The van der Waals surface area contributed by atoms with Gasteiger partial charge < -0.3 is 19.9 Å². The summed E-state index contributed by atoms with van der Waals surface area (Å²) in [6, 6.07) is 10.3. The van der Waals surface area contributed by atoms with Gasteiger partial charge >= 0.3 is 0 Å². The van der Waals surface area contributed by atoms with Crippen LogP contribution >= 0.6 is 11.6 Å². The first-order valence-electron chi connectivity index (χ1n) is 12.2. The number of methoxy groups -OCH3 is 1. The van der Waals surface area contributed by atoms with Gasteiger partial charge in [-0.25, -0.2) is 21.8 Å². The molecule has 0 radical (unpaired) electrons. The van der Waals surface area contributed by atoms with Gasteiger partial charge in [-0.2, -0.15) is 9.97 Å². The number of hydrogen-bond donors (Lipinski definition) is 3. The van der Waals surface area contributed by atoms with Crippen molar-refractivity contribution in [1.29, 1.82) is 0 Å². The maximum Gasteiger partial charge on any atom is 0.239 e. The van der Waals surface area contributed by atoms with Crippen molar-refractivity contribution in [3.05, 3.63) is 53.2 Å². The highest BCUT2D eigenvalue weighted by molar-refractivity contribution is 7.92. The molecule has 0 saturated carbocycles. The van der Waals surface area contributed by atoms with E-state index in [1.807, 2.05) is 6.07 Å². The molecule has 13 nitrogen and oxygen atoms in total. The highest BCUT2D eigenvalue weighted by Gasteiger charge is 2.26. The zero-order valence-corrected chi connectivity index (χ0v) is 24.8. The second-order valence-corrected chi connectivity index (χ2v) is 13.4. The van der Waals surface area contributed by atoms with Crippen molar-refractivity contribution in [3.63, 3.8) is 0 Å². The Morgan fingerprint density at radius 3 is 2.50 bits per heavy atom. The fourth-order valence-electron chi connectivity index (χ4n) is 4.18. The molecule has 3 aromatic rings. The van der Waals surface area contributed by atoms with Crippen LogP contribution in [0.15, 0.2) is 42.6 Å². The van der Waals surface area contributed by atoms with Gasteiger partial charge in [0.1, 0.15) is 16.5 Å². The molecule has 2 aromatic heterocycles. The van der Waals surface area contributed by atoms with Crippen molar-refractivity contribution in [2.75, 3.05) is 60.2 Å². The largest absolute Gasteiger partial charge is 0.479 e. The minimum absolute atomic E-state index is 0.0263. The van der Waals surface area contributed by atoms with Gasteiger partial charge in [0.25, 0.3) is 0 Å². The summed E-state index contributed by atoms with van der Waals surface area (Å²) in [5, 5.41) is 2.97. The van der Waals surface area contributed by atoms with Gasteiger partial charge in [0.15, 0.2) is 5.82 Å². The molecule has 4 rings (SSSR count). The van der Waals surface area contributed by atoms with E-state index >= 15 is 0 Å². The molecule has 216 valence electrons. The first-order valence-corrected chi connectivity index (χ1v) is 16.1. The first-order chi connectivity index (χ1) is 18.8. The highest BCUT2D eigenvalue weighted by atomic mass is 35.5. The number of likely N-dealkylation sites (N-methyl/N-ethyl adjacent to an activating group) is 1. The minimum atomic E-state index is -4.05. The van der Waals surface area contributed by atoms with Crippen LogP contribution in [-0.4, -0.2) is 83.3 Å². The van der Waals surface area contributed by atoms with Crippen LogP contribution in [0.4, 0.5) is 29.0 Å². The molecule has 3 heterocycles. The Morgan fingerprint density at radius 2 is 1.82 bits per heavy atom. The zero-order valence-electron chi connectivity index (χ0n) is 22.4. The van der Waals surface area contributed by atoms with Crippen LogP contribution in [0.3, 0.4) is 0 Å². The second kappa shape index (κ2) is 12.0. The SMILES string of the molecule is COc1nc(N2CCC(N(C)C)C2)ccc1Nc1ncc(Cl)c(NS(=O)(=O)Cc2ccccc2NS(C)(=O)=O)n1. The fraction of sp³-hybridized carbons (Fsp3) is 0.375. The molecule has 1 fully saturated rings. The summed E-state index contributed by atoms with van der Waals surface area (Å²) in [5.41, 5.74) is 0.877. The normalized spacial score (nSPS) is 15.8. The van der Waals surface area contributed by atoms with Crippen molar-refractivity contribution < 1.29 is 21.6 Å². The van der Waals surface area contributed by atoms with Gasteiger partial charge in [-0.05, 0) is 44.3 Å². The molecule has 0 spiro atoms. The van der Waals surface area contributed by atoms with Gasteiger partial charge in [-0.1, -0.05) is 29.8 Å². The molecule has 0 aliphatic carbocycles. The van der Waals surface area contributed by atoms with Crippen LogP contribution in [0.25, 0.3) is 0 Å². The topological polar surface area (TPSA) is 159 Å². The lowest BCUT2D eigenvalue weighted by Gasteiger charge is -2.22. The van der Waals surface area contributed by atoms with Gasteiger partial charge in [0.2, 0.25) is 31.9 Å². The molecule has 1 atom stereocenters. The van der Waals surface area contributed by atoms with Crippen LogP contribution in [0.5, 0.6) is 5.88 Å². The zero-order chi connectivity index (χ0) is 29.1. The van der Waals surface area contributed by atoms with Crippen molar-refractivity contribution in [3.8, 4) is 5.88 Å². The van der Waals surface area contributed by atoms with Crippen molar-refractivity contribution in [1.82, 2.24) is 19.9 Å². The third kappa shape index (κ3) is 7.62. The number of nitrogens with one attached hydrogen (secondary N) is 3. The first kappa shape index (κ1) is 29.6. The second-order valence-electron chi connectivity index (χ2n) is 9.49. The number of pyridine rings is 1. The molecule has 1 saturated heterocycles. The molecule has 1 aromatic carbocycles. The van der Waals surface area contributed by atoms with E-state index < -0.39 is 25.8 Å². The summed E-state index contributed by atoms with van der Waals surface area (Å²) in [6.45, 7) is 1.74. The fourth-order valence-corrected chi connectivity index (χ4v) is 6.16. The van der Waals surface area contributed by atoms with Gasteiger partial charge in [-0.3, -0.25) is 9.44 Å². The van der Waals surface area contributed by atoms with E-state index in [1.54, 1.807) is 18.2 Å². The predicted molar refractivity (Wildman–Crippen MR) is 157 cm³/mol. The number of para-hydroxylation sites is 1. The average Bonchev–Trinajstić information content (AvgIpc) is 3.37. The standard InChI is InChI=1S/C24H31ClN8O5S2/c1-32(2)17-11-12-33(14-17)21-10-9-20(23(28-21)38-3)27-24-26-13-18(25)22(29-24)31-40(36,37)15-16-7-5-6-8-19(16)30-39(4,34)35/h5-10,13,17,30H,11-12,14-15H2,1-4H3,(H2,26,27,29,31). The van der Waals surface area contributed by atoms with Crippen LogP contribution in [0.2, 0.25) is 5.02 Å². The van der Waals surface area contributed by atoms with E-state index in [2.05, 4.69) is 53.6 Å². The Kier molecular flexibility index (Phi) is 8.87. The van der Waals surface area contributed by atoms with E-state index in [4.69, 9.17) is 16.3 Å². The van der Waals surface area contributed by atoms with E-state index in [0.29, 0.717) is 17.6 Å². The molecule has 0 bridgehead atoms. The Bertz CT molecular complexity index is 1590. The monoisotopic (exact) mass is 610 g/mol. The van der Waals surface area contributed by atoms with Crippen LogP contribution in [-0.2, 0) is 25.8 Å². The Hall–Kier alpha value is -3.40. The number of rotatable bonds is 11. The van der Waals surface area contributed by atoms with Gasteiger partial charge in [0, 0.05) is 19.1 Å². The quantitative estimate of drug-likeness (QED) is 0.293.